The van der Waals surface area contributed by atoms with Gasteiger partial charge in [0.25, 0.3) is 0 Å². The lowest BCUT2D eigenvalue weighted by molar-refractivity contribution is 0.0515. The average Bonchev–Trinajstić information content (AvgIpc) is 3.06. The normalized spacial score (nSPS) is 20.5. The number of methoxy groups -OCH3 is 1. The van der Waals surface area contributed by atoms with E-state index in [4.69, 9.17) is 14.5 Å². The zero-order valence-corrected chi connectivity index (χ0v) is 20.4. The van der Waals surface area contributed by atoms with Gasteiger partial charge in [0.2, 0.25) is 0 Å². The van der Waals surface area contributed by atoms with E-state index in [2.05, 4.69) is 22.8 Å². The number of aryl methyl sites for hydroxylation is 2. The van der Waals surface area contributed by atoms with Gasteiger partial charge in [0.05, 0.1) is 12.8 Å². The van der Waals surface area contributed by atoms with Crippen LogP contribution < -0.4 is 15.4 Å². The molecule has 2 N–H and O–H groups in total. The molecule has 0 spiro atoms. The molecule has 2 aliphatic rings. The predicted molar refractivity (Wildman–Crippen MR) is 130 cm³/mol. The van der Waals surface area contributed by atoms with Crippen molar-refractivity contribution in [3.8, 4) is 17.0 Å². The highest BCUT2D eigenvalue weighted by atomic mass is 32.1. The number of hydrogen-bond donors (Lipinski definition) is 2. The summed E-state index contributed by atoms with van der Waals surface area (Å²) >= 11 is 1.81. The Hall–Kier alpha value is -2.28. The number of ether oxygens (including phenoxy) is 2. The predicted octanol–water partition coefficient (Wildman–Crippen LogP) is 5.80. The minimum absolute atomic E-state index is 0.320. The van der Waals surface area contributed by atoms with Crippen molar-refractivity contribution >= 4 is 22.6 Å². The average molecular weight is 458 g/mol. The highest BCUT2D eigenvalue weighted by Gasteiger charge is 2.25. The Labute approximate surface area is 195 Å². The smallest absolute Gasteiger partial charge is 0.407 e. The number of anilines is 1. The lowest BCUT2D eigenvalue weighted by Gasteiger charge is -2.29. The van der Waals surface area contributed by atoms with E-state index >= 15 is 0 Å². The third-order valence-corrected chi connectivity index (χ3v) is 7.27. The number of hydrogen-bond acceptors (Lipinski definition) is 6. The van der Waals surface area contributed by atoms with E-state index in [9.17, 15) is 4.79 Å². The van der Waals surface area contributed by atoms with Crippen molar-refractivity contribution in [3.05, 3.63) is 28.6 Å². The summed E-state index contributed by atoms with van der Waals surface area (Å²) in [7, 11) is 1.72. The lowest BCUT2D eigenvalue weighted by Crippen LogP contribution is -2.37. The number of thiazole rings is 1. The maximum atomic E-state index is 11.9. The molecule has 0 unspecified atom stereocenters. The molecule has 0 aliphatic heterocycles. The summed E-state index contributed by atoms with van der Waals surface area (Å²) in [6.45, 7) is 6.35. The third kappa shape index (κ3) is 5.74. The van der Waals surface area contributed by atoms with Gasteiger partial charge in [0.15, 0.2) is 5.13 Å². The first-order valence-electron chi connectivity index (χ1n) is 11.7. The molecule has 0 saturated heterocycles. The minimum Gasteiger partial charge on any atom is -0.497 e. The maximum Gasteiger partial charge on any atom is 0.407 e. The van der Waals surface area contributed by atoms with Crippen LogP contribution in [0.5, 0.6) is 5.75 Å². The zero-order valence-electron chi connectivity index (χ0n) is 19.6. The van der Waals surface area contributed by atoms with Gasteiger partial charge in [-0.05, 0) is 95.4 Å². The minimum atomic E-state index is -0.454. The van der Waals surface area contributed by atoms with Crippen molar-refractivity contribution in [3.63, 3.8) is 0 Å². The fourth-order valence-corrected chi connectivity index (χ4v) is 5.69. The van der Waals surface area contributed by atoms with E-state index in [0.717, 1.165) is 61.5 Å². The summed E-state index contributed by atoms with van der Waals surface area (Å²) in [5.41, 5.74) is 3.27. The largest absolute Gasteiger partial charge is 0.497 e. The summed E-state index contributed by atoms with van der Waals surface area (Å²) in [5.74, 6) is 1.43. The van der Waals surface area contributed by atoms with Gasteiger partial charge in [-0.3, -0.25) is 0 Å². The van der Waals surface area contributed by atoms with E-state index < -0.39 is 5.60 Å². The van der Waals surface area contributed by atoms with Crippen molar-refractivity contribution in [2.24, 2.45) is 5.92 Å². The first-order chi connectivity index (χ1) is 15.3. The number of alkyl carbamates (subject to hydrolysis) is 1. The molecule has 1 fully saturated rings. The van der Waals surface area contributed by atoms with Crippen LogP contribution in [-0.2, 0) is 17.6 Å². The molecular formula is C25H35N3O3S. The number of benzene rings is 1. The van der Waals surface area contributed by atoms with Gasteiger partial charge < -0.3 is 20.1 Å². The van der Waals surface area contributed by atoms with Crippen molar-refractivity contribution < 1.29 is 14.3 Å². The zero-order chi connectivity index (χ0) is 22.7. The highest BCUT2D eigenvalue weighted by molar-refractivity contribution is 7.16. The summed E-state index contributed by atoms with van der Waals surface area (Å²) < 4.78 is 10.8. The van der Waals surface area contributed by atoms with Gasteiger partial charge >= 0.3 is 6.09 Å². The fraction of sp³-hybridized carbons (Fsp3) is 0.600. The summed E-state index contributed by atoms with van der Waals surface area (Å²) in [4.78, 5) is 18.3. The van der Waals surface area contributed by atoms with Crippen LogP contribution in [0.3, 0.4) is 0 Å². The summed E-state index contributed by atoms with van der Waals surface area (Å²) in [5, 5.41) is 7.66. The molecule has 1 aromatic heterocycles. The fourth-order valence-electron chi connectivity index (χ4n) is 4.60. The highest BCUT2D eigenvalue weighted by Crippen LogP contribution is 2.39. The van der Waals surface area contributed by atoms with Gasteiger partial charge in [-0.1, -0.05) is 0 Å². The van der Waals surface area contributed by atoms with E-state index in [-0.39, 0.29) is 6.09 Å². The molecule has 0 atom stereocenters. The Kier molecular flexibility index (Phi) is 6.93. The molecule has 1 saturated carbocycles. The molecule has 174 valence electrons. The number of nitrogens with one attached hydrogen (secondary N) is 2. The van der Waals surface area contributed by atoms with Gasteiger partial charge in [-0.15, -0.1) is 11.3 Å². The number of aromatic nitrogens is 1. The molecule has 0 radical (unpaired) electrons. The van der Waals surface area contributed by atoms with Crippen LogP contribution in [0.1, 0.15) is 63.3 Å². The van der Waals surface area contributed by atoms with Crippen LogP contribution in [0.4, 0.5) is 9.93 Å². The number of rotatable bonds is 5. The van der Waals surface area contributed by atoms with Crippen molar-refractivity contribution in [2.45, 2.75) is 77.4 Å². The Balaban J connectivity index is 1.32. The Morgan fingerprint density at radius 2 is 1.97 bits per heavy atom. The van der Waals surface area contributed by atoms with E-state index in [0.29, 0.717) is 18.5 Å². The van der Waals surface area contributed by atoms with Gasteiger partial charge in [-0.25, -0.2) is 9.78 Å². The molecule has 2 aliphatic carbocycles. The molecule has 7 heteroatoms. The van der Waals surface area contributed by atoms with Crippen LogP contribution in [0.25, 0.3) is 11.3 Å². The number of fused-ring (bicyclic) bond motifs is 3. The number of nitrogens with zero attached hydrogens (tertiary/aromatic N) is 1. The molecule has 32 heavy (non-hydrogen) atoms. The number of amides is 1. The monoisotopic (exact) mass is 457 g/mol. The van der Waals surface area contributed by atoms with Crippen LogP contribution in [0.15, 0.2) is 18.2 Å². The topological polar surface area (TPSA) is 72.5 Å². The molecular weight excluding hydrogens is 422 g/mol. The van der Waals surface area contributed by atoms with E-state index in [1.54, 1.807) is 7.11 Å². The summed E-state index contributed by atoms with van der Waals surface area (Å²) in [6, 6.07) is 6.79. The van der Waals surface area contributed by atoms with Gasteiger partial charge in [0, 0.05) is 23.0 Å². The second-order valence-electron chi connectivity index (χ2n) is 9.91. The van der Waals surface area contributed by atoms with Crippen LogP contribution in [0, 0.1) is 5.92 Å². The van der Waals surface area contributed by atoms with E-state index in [1.165, 1.54) is 16.0 Å². The first-order valence-corrected chi connectivity index (χ1v) is 12.5. The summed E-state index contributed by atoms with van der Waals surface area (Å²) in [6.07, 6.45) is 7.36. The molecule has 1 heterocycles. The quantitative estimate of drug-likeness (QED) is 0.593. The molecule has 0 bridgehead atoms. The van der Waals surface area contributed by atoms with Gasteiger partial charge in [0.1, 0.15) is 11.4 Å². The standard InChI is InChI=1S/C25H35N3O3S/c1-25(2,3)31-24(29)26-15-16-8-10-18(11-9-16)27-23-28-22-20-13-12-19(30-4)14-17(20)6-5-7-21(22)32-23/h12-14,16,18H,5-11,15H2,1-4H3,(H,26,29)(H,27,28). The molecule has 1 aromatic carbocycles. The Bertz CT molecular complexity index is 942. The van der Waals surface area contributed by atoms with Crippen LogP contribution >= 0.6 is 11.3 Å². The number of carbonyl (C=O) groups excluding carboxylic acids is 1. The van der Waals surface area contributed by atoms with Crippen molar-refractivity contribution in [2.75, 3.05) is 19.0 Å². The molecule has 4 rings (SSSR count). The Morgan fingerprint density at radius 1 is 1.19 bits per heavy atom. The lowest BCUT2D eigenvalue weighted by atomic mass is 9.86. The second-order valence-corrected chi connectivity index (χ2v) is 11.0. The van der Waals surface area contributed by atoms with Crippen molar-refractivity contribution in [1.82, 2.24) is 10.3 Å². The molecule has 1 amide bonds. The van der Waals surface area contributed by atoms with Crippen LogP contribution in [-0.4, -0.2) is 36.4 Å². The molecule has 6 nitrogen and oxygen atoms in total. The second kappa shape index (κ2) is 9.69. The SMILES string of the molecule is COc1ccc2c(c1)CCCc1sc(NC3CCC(CNC(=O)OC(C)(C)C)CC3)nc1-2. The van der Waals surface area contributed by atoms with Gasteiger partial charge in [-0.2, -0.15) is 0 Å². The van der Waals surface area contributed by atoms with Crippen LogP contribution in [0.2, 0.25) is 0 Å². The third-order valence-electron chi connectivity index (χ3n) is 6.22. The maximum absolute atomic E-state index is 11.9. The Morgan fingerprint density at radius 3 is 2.69 bits per heavy atom. The first kappa shape index (κ1) is 22.9. The molecule has 2 aromatic rings. The van der Waals surface area contributed by atoms with Crippen molar-refractivity contribution in [1.29, 1.82) is 0 Å². The van der Waals surface area contributed by atoms with E-state index in [1.807, 2.05) is 38.2 Å². The number of carbonyl (C=O) groups is 1.